The Morgan fingerprint density at radius 1 is 1.10 bits per heavy atom. The van der Waals surface area contributed by atoms with E-state index in [0.717, 1.165) is 30.6 Å². The van der Waals surface area contributed by atoms with Crippen LogP contribution >= 0.6 is 0 Å². The Morgan fingerprint density at radius 2 is 1.87 bits per heavy atom. The molecule has 0 N–H and O–H groups in total. The fraction of sp³-hybridized carbons (Fsp3) is 0.690. The smallest absolute Gasteiger partial charge is 0.158 e. The van der Waals surface area contributed by atoms with E-state index in [1.165, 1.54) is 62.5 Å². The maximum Gasteiger partial charge on any atom is 0.158 e. The van der Waals surface area contributed by atoms with E-state index in [1.807, 2.05) is 6.08 Å². The van der Waals surface area contributed by atoms with Gasteiger partial charge >= 0.3 is 0 Å². The van der Waals surface area contributed by atoms with Crippen LogP contribution in [0.15, 0.2) is 47.6 Å². The Morgan fingerprint density at radius 3 is 2.60 bits per heavy atom. The van der Waals surface area contributed by atoms with Crippen molar-refractivity contribution in [3.05, 3.63) is 47.6 Å². The first kappa shape index (κ1) is 23.3. The minimum Gasteiger partial charge on any atom is -0.295 e. The first-order valence-electron chi connectivity index (χ1n) is 12.6. The second-order valence-corrected chi connectivity index (χ2v) is 10.8. The summed E-state index contributed by atoms with van der Waals surface area (Å²) in [5.41, 5.74) is 4.53. The second kappa shape index (κ2) is 10.8. The maximum absolute atomic E-state index is 12.0. The molecule has 3 rings (SSSR count). The molecule has 1 heteroatoms. The van der Waals surface area contributed by atoms with Crippen LogP contribution < -0.4 is 0 Å². The van der Waals surface area contributed by atoms with Crippen LogP contribution in [0, 0.1) is 35.5 Å². The number of hydrogen-bond acceptors (Lipinski definition) is 1. The Hall–Kier alpha value is -1.37. The van der Waals surface area contributed by atoms with Crippen LogP contribution in [0.1, 0.15) is 91.9 Å². The standard InChI is InChI=1S/C29H44O/c1-20-9-10-23(4)27(19-20)16-13-25-8-6-7-24(5)28(25)17-11-21(2)22(3)12-18-29(30)26-14-15-26/h12-13,16,18,20-22,24,26,28H,4,6-11,14-15,17,19H2,1-3,5H3/b18-12+,25-13+,27-16-/t20-,21?,22+,24+,28+/m0/s1. The Kier molecular flexibility index (Phi) is 8.37. The van der Waals surface area contributed by atoms with Crippen molar-refractivity contribution < 1.29 is 4.79 Å². The van der Waals surface area contributed by atoms with Crippen LogP contribution in [0.5, 0.6) is 0 Å². The summed E-state index contributed by atoms with van der Waals surface area (Å²) in [5, 5.41) is 0. The van der Waals surface area contributed by atoms with E-state index in [2.05, 4.69) is 52.5 Å². The topological polar surface area (TPSA) is 17.1 Å². The molecule has 0 aromatic carbocycles. The third-order valence-electron chi connectivity index (χ3n) is 8.12. The summed E-state index contributed by atoms with van der Waals surface area (Å²) in [5.74, 6) is 4.10. The lowest BCUT2D eigenvalue weighted by Gasteiger charge is -2.33. The van der Waals surface area contributed by atoms with E-state index < -0.39 is 0 Å². The molecule has 0 bridgehead atoms. The van der Waals surface area contributed by atoms with Crippen molar-refractivity contribution >= 4 is 5.78 Å². The lowest BCUT2D eigenvalue weighted by atomic mass is 9.72. The molecule has 1 nitrogen and oxygen atoms in total. The third kappa shape index (κ3) is 6.56. The van der Waals surface area contributed by atoms with Crippen LogP contribution in [0.4, 0.5) is 0 Å². The zero-order valence-electron chi connectivity index (χ0n) is 20.0. The van der Waals surface area contributed by atoms with Crippen LogP contribution in [0.25, 0.3) is 0 Å². The van der Waals surface area contributed by atoms with Gasteiger partial charge in [0.2, 0.25) is 0 Å². The molecule has 3 saturated carbocycles. The van der Waals surface area contributed by atoms with E-state index in [0.29, 0.717) is 23.5 Å². The zero-order chi connectivity index (χ0) is 21.7. The summed E-state index contributed by atoms with van der Waals surface area (Å²) in [6.07, 6.45) is 21.3. The second-order valence-electron chi connectivity index (χ2n) is 10.8. The first-order chi connectivity index (χ1) is 14.3. The summed E-state index contributed by atoms with van der Waals surface area (Å²) in [6.45, 7) is 13.8. The van der Waals surface area contributed by atoms with Gasteiger partial charge in [0, 0.05) is 5.92 Å². The van der Waals surface area contributed by atoms with Crippen molar-refractivity contribution in [2.24, 2.45) is 35.5 Å². The highest BCUT2D eigenvalue weighted by Crippen LogP contribution is 2.39. The average Bonchev–Trinajstić information content (AvgIpc) is 3.57. The van der Waals surface area contributed by atoms with Gasteiger partial charge in [0.1, 0.15) is 0 Å². The number of carbonyl (C=O) groups excluding carboxylic acids is 1. The molecule has 0 radical (unpaired) electrons. The largest absolute Gasteiger partial charge is 0.295 e. The minimum atomic E-state index is 0.344. The normalized spacial score (nSPS) is 32.7. The molecule has 3 aliphatic carbocycles. The van der Waals surface area contributed by atoms with E-state index >= 15 is 0 Å². The van der Waals surface area contributed by atoms with E-state index in [-0.39, 0.29) is 0 Å². The van der Waals surface area contributed by atoms with Gasteiger partial charge in [-0.05, 0) is 105 Å². The number of allylic oxidation sites excluding steroid dienone is 7. The van der Waals surface area contributed by atoms with E-state index in [9.17, 15) is 4.79 Å². The average molecular weight is 409 g/mol. The summed E-state index contributed by atoms with van der Waals surface area (Å²) >= 11 is 0. The van der Waals surface area contributed by atoms with Gasteiger partial charge < -0.3 is 0 Å². The molecule has 0 aromatic rings. The SMILES string of the molecule is C=C1CC[C@H](C)C/C1=C/C=C1\CCC[C@@H](C)[C@H]1CCC(C)[C@H](C)/C=C/C(=O)C1CC1. The Bertz CT molecular complexity index is 702. The van der Waals surface area contributed by atoms with Gasteiger partial charge in [-0.1, -0.05) is 63.6 Å². The molecule has 0 amide bonds. The van der Waals surface area contributed by atoms with Gasteiger partial charge in [-0.25, -0.2) is 0 Å². The van der Waals surface area contributed by atoms with Crippen LogP contribution in [-0.2, 0) is 4.79 Å². The Balaban J connectivity index is 1.58. The van der Waals surface area contributed by atoms with Gasteiger partial charge in [-0.3, -0.25) is 4.79 Å². The highest BCUT2D eigenvalue weighted by atomic mass is 16.1. The summed E-state index contributed by atoms with van der Waals surface area (Å²) in [6, 6.07) is 0. The maximum atomic E-state index is 12.0. The lowest BCUT2D eigenvalue weighted by molar-refractivity contribution is -0.115. The monoisotopic (exact) mass is 408 g/mol. The number of ketones is 1. The third-order valence-corrected chi connectivity index (χ3v) is 8.12. The predicted molar refractivity (Wildman–Crippen MR) is 129 cm³/mol. The molecule has 3 aliphatic rings. The van der Waals surface area contributed by atoms with Gasteiger partial charge in [0.05, 0.1) is 0 Å². The molecule has 0 aliphatic heterocycles. The van der Waals surface area contributed by atoms with Gasteiger partial charge in [0.15, 0.2) is 5.78 Å². The zero-order valence-corrected chi connectivity index (χ0v) is 20.0. The van der Waals surface area contributed by atoms with Crippen molar-refractivity contribution in [2.45, 2.75) is 91.9 Å². The molecule has 5 atom stereocenters. The van der Waals surface area contributed by atoms with Crippen molar-refractivity contribution in [1.82, 2.24) is 0 Å². The summed E-state index contributed by atoms with van der Waals surface area (Å²) < 4.78 is 0. The lowest BCUT2D eigenvalue weighted by Crippen LogP contribution is -2.21. The molecular formula is C29H44O. The van der Waals surface area contributed by atoms with Crippen molar-refractivity contribution in [3.63, 3.8) is 0 Å². The molecule has 0 spiro atoms. The molecule has 3 fully saturated rings. The quantitative estimate of drug-likeness (QED) is 0.369. The molecule has 30 heavy (non-hydrogen) atoms. The highest BCUT2D eigenvalue weighted by Gasteiger charge is 2.28. The predicted octanol–water partition coefficient (Wildman–Crippen LogP) is 8.24. The number of hydrogen-bond donors (Lipinski definition) is 0. The van der Waals surface area contributed by atoms with E-state index in [1.54, 1.807) is 5.57 Å². The molecule has 0 saturated heterocycles. The molecule has 0 aromatic heterocycles. The molecule has 1 unspecified atom stereocenters. The number of rotatable bonds is 8. The first-order valence-corrected chi connectivity index (χ1v) is 12.6. The van der Waals surface area contributed by atoms with Gasteiger partial charge in [-0.2, -0.15) is 0 Å². The van der Waals surface area contributed by atoms with Crippen LogP contribution in [-0.4, -0.2) is 5.78 Å². The van der Waals surface area contributed by atoms with Crippen LogP contribution in [0.3, 0.4) is 0 Å². The summed E-state index contributed by atoms with van der Waals surface area (Å²) in [4.78, 5) is 12.0. The fourth-order valence-corrected chi connectivity index (χ4v) is 5.30. The van der Waals surface area contributed by atoms with Crippen molar-refractivity contribution in [1.29, 1.82) is 0 Å². The molecule has 0 heterocycles. The molecule has 166 valence electrons. The Labute approximate surface area is 185 Å². The fourth-order valence-electron chi connectivity index (χ4n) is 5.30. The number of carbonyl (C=O) groups is 1. The minimum absolute atomic E-state index is 0.344. The van der Waals surface area contributed by atoms with E-state index in [4.69, 9.17) is 0 Å². The van der Waals surface area contributed by atoms with Crippen molar-refractivity contribution in [2.75, 3.05) is 0 Å². The van der Waals surface area contributed by atoms with Gasteiger partial charge in [0.25, 0.3) is 0 Å². The van der Waals surface area contributed by atoms with Crippen LogP contribution in [0.2, 0.25) is 0 Å². The van der Waals surface area contributed by atoms with Crippen molar-refractivity contribution in [3.8, 4) is 0 Å². The summed E-state index contributed by atoms with van der Waals surface area (Å²) in [7, 11) is 0. The van der Waals surface area contributed by atoms with Gasteiger partial charge in [-0.15, -0.1) is 0 Å². The molecular weight excluding hydrogens is 364 g/mol. The highest BCUT2D eigenvalue weighted by molar-refractivity contribution is 5.93.